The summed E-state index contributed by atoms with van der Waals surface area (Å²) in [4.78, 5) is 3.79. The van der Waals surface area contributed by atoms with Crippen LogP contribution < -0.4 is 10.1 Å². The average molecular weight is 140 g/mol. The molecular formula is C7H8N2O. The molecule has 1 aromatic heterocycles. The number of hydrogen-bond acceptors (Lipinski definition) is 3. The van der Waals surface area contributed by atoms with Crippen LogP contribution in [0.15, 0.2) is 18.3 Å². The maximum Gasteiger partial charge on any atom is 0.237 e. The van der Waals surface area contributed by atoms with Gasteiger partial charge in [-0.1, -0.05) is 0 Å². The molecule has 0 aromatic carbocycles. The molecule has 2 rings (SSSR count). The van der Waals surface area contributed by atoms with E-state index in [9.17, 15) is 0 Å². The van der Waals surface area contributed by atoms with Gasteiger partial charge in [0.25, 0.3) is 0 Å². The highest BCUT2D eigenvalue weighted by Crippen LogP contribution is 2.22. The Kier molecular flexibility index (Phi) is 0.604. The minimum absolute atomic E-state index is 0.0765. The summed E-state index contributed by atoms with van der Waals surface area (Å²) in [7, 11) is 0. The van der Waals surface area contributed by atoms with Crippen LogP contribution in [0.5, 0.6) is 5.88 Å². The fourth-order valence-electron chi connectivity index (χ4n) is 0.734. The summed E-state index contributed by atoms with van der Waals surface area (Å²) in [6.07, 6.45) is 1.46. The summed E-state index contributed by atoms with van der Waals surface area (Å²) in [6.45, 7) is -4.68. The number of aromatic nitrogens is 1. The van der Waals surface area contributed by atoms with Crippen molar-refractivity contribution in [2.75, 3.05) is 18.4 Å². The van der Waals surface area contributed by atoms with Crippen LogP contribution >= 0.6 is 0 Å². The highest BCUT2D eigenvalue weighted by atomic mass is 16.5. The van der Waals surface area contributed by atoms with Crippen molar-refractivity contribution in [3.63, 3.8) is 0 Å². The third-order valence-corrected chi connectivity index (χ3v) is 1.17. The smallest absolute Gasteiger partial charge is 0.237 e. The Morgan fingerprint density at radius 1 is 1.80 bits per heavy atom. The van der Waals surface area contributed by atoms with Crippen LogP contribution in [0.4, 0.5) is 5.69 Å². The number of ether oxygens (including phenoxy) is 1. The minimum atomic E-state index is -2.42. The van der Waals surface area contributed by atoms with Gasteiger partial charge in [-0.05, 0) is 12.1 Å². The molecule has 10 heavy (non-hydrogen) atoms. The molecule has 1 aromatic rings. The molecule has 52 valence electrons. The molecule has 0 saturated carbocycles. The van der Waals surface area contributed by atoms with Crippen molar-refractivity contribution < 1.29 is 10.2 Å². The van der Waals surface area contributed by atoms with Gasteiger partial charge in [0.2, 0.25) is 5.88 Å². The standard InChI is InChI=1S/C7H8N2O/c1-2-6-7(9-3-1)10-5-4-8-6/h1-3,8H,4-5H2/i4D2,5D2. The summed E-state index contributed by atoms with van der Waals surface area (Å²) in [6, 6.07) is 3.20. The first-order valence-electron chi connectivity index (χ1n) is 4.85. The second-order valence-corrected chi connectivity index (χ2v) is 1.81. The van der Waals surface area contributed by atoms with E-state index >= 15 is 0 Å². The third kappa shape index (κ3) is 0.795. The van der Waals surface area contributed by atoms with E-state index in [1.165, 1.54) is 6.20 Å². The molecule has 0 saturated heterocycles. The van der Waals surface area contributed by atoms with Crippen LogP contribution in [0.25, 0.3) is 0 Å². The van der Waals surface area contributed by atoms with E-state index in [1.54, 1.807) is 12.1 Å². The second kappa shape index (κ2) is 2.17. The number of nitrogens with one attached hydrogen (secondary N) is 1. The predicted molar refractivity (Wildman–Crippen MR) is 38.2 cm³/mol. The molecule has 0 bridgehead atoms. The first kappa shape index (κ1) is 2.78. The third-order valence-electron chi connectivity index (χ3n) is 1.17. The quantitative estimate of drug-likeness (QED) is 0.581. The lowest BCUT2D eigenvalue weighted by Crippen LogP contribution is -2.18. The first-order valence-corrected chi connectivity index (χ1v) is 2.85. The van der Waals surface area contributed by atoms with Crippen molar-refractivity contribution in [2.45, 2.75) is 0 Å². The number of pyridine rings is 1. The van der Waals surface area contributed by atoms with E-state index in [2.05, 4.69) is 10.3 Å². The van der Waals surface area contributed by atoms with E-state index in [-0.39, 0.29) is 5.88 Å². The number of hydrogen-bond donors (Lipinski definition) is 1. The summed E-state index contributed by atoms with van der Waals surface area (Å²) in [5.41, 5.74) is 0.354. The molecule has 1 aliphatic heterocycles. The zero-order valence-electron chi connectivity index (χ0n) is 9.09. The Balaban J connectivity index is 2.46. The van der Waals surface area contributed by atoms with Gasteiger partial charge in [-0.15, -0.1) is 0 Å². The predicted octanol–water partition coefficient (Wildman–Crippen LogP) is 0.886. The van der Waals surface area contributed by atoms with Crippen molar-refractivity contribution in [3.8, 4) is 5.88 Å². The fraction of sp³-hybridized carbons (Fsp3) is 0.286. The van der Waals surface area contributed by atoms with Crippen LogP contribution in [0.1, 0.15) is 5.48 Å². The Morgan fingerprint density at radius 2 is 2.80 bits per heavy atom. The van der Waals surface area contributed by atoms with E-state index in [0.717, 1.165) is 0 Å². The normalized spacial score (nSPS) is 30.8. The van der Waals surface area contributed by atoms with Crippen molar-refractivity contribution in [1.82, 2.24) is 4.98 Å². The topological polar surface area (TPSA) is 34.2 Å². The summed E-state index contributed by atoms with van der Waals surface area (Å²) in [5, 5.41) is 2.40. The van der Waals surface area contributed by atoms with Crippen LogP contribution in [0.2, 0.25) is 0 Å². The highest BCUT2D eigenvalue weighted by Gasteiger charge is 2.07. The molecule has 0 amide bonds. The lowest BCUT2D eigenvalue weighted by Gasteiger charge is -2.16. The van der Waals surface area contributed by atoms with Crippen LogP contribution in [0, 0.1) is 0 Å². The molecule has 0 atom stereocenters. The van der Waals surface area contributed by atoms with E-state index in [0.29, 0.717) is 5.69 Å². The molecule has 3 heteroatoms. The number of nitrogens with zero attached hydrogens (tertiary/aromatic N) is 1. The largest absolute Gasteiger partial charge is 0.474 e. The summed E-state index contributed by atoms with van der Waals surface area (Å²) < 4.78 is 34.2. The molecule has 0 fully saturated rings. The van der Waals surface area contributed by atoms with Crippen molar-refractivity contribution in [3.05, 3.63) is 18.3 Å². The lowest BCUT2D eigenvalue weighted by atomic mass is 10.4. The van der Waals surface area contributed by atoms with Gasteiger partial charge in [-0.3, -0.25) is 0 Å². The molecule has 0 spiro atoms. The molecule has 1 N–H and O–H groups in total. The highest BCUT2D eigenvalue weighted by molar-refractivity contribution is 5.53. The number of rotatable bonds is 0. The average Bonchev–Trinajstić information content (AvgIpc) is 2.05. The van der Waals surface area contributed by atoms with Gasteiger partial charge in [0, 0.05) is 12.7 Å². The van der Waals surface area contributed by atoms with Gasteiger partial charge in [0.15, 0.2) is 0 Å². The van der Waals surface area contributed by atoms with E-state index < -0.39 is 13.1 Å². The molecule has 2 heterocycles. The Bertz CT molecular complexity index is 333. The lowest BCUT2D eigenvalue weighted by molar-refractivity contribution is 0.310. The number of fused-ring (bicyclic) bond motifs is 1. The molecule has 1 aliphatic rings. The van der Waals surface area contributed by atoms with Crippen LogP contribution in [-0.4, -0.2) is 18.0 Å². The van der Waals surface area contributed by atoms with Crippen LogP contribution in [-0.2, 0) is 0 Å². The Hall–Kier alpha value is -1.25. The van der Waals surface area contributed by atoms with E-state index in [4.69, 9.17) is 10.2 Å². The summed E-state index contributed by atoms with van der Waals surface area (Å²) in [5.74, 6) is 0.0765. The fourth-order valence-corrected chi connectivity index (χ4v) is 0.734. The maximum absolute atomic E-state index is 7.39. The van der Waals surface area contributed by atoms with Gasteiger partial charge in [0.1, 0.15) is 6.56 Å². The Morgan fingerprint density at radius 3 is 3.80 bits per heavy atom. The molecule has 3 nitrogen and oxygen atoms in total. The maximum atomic E-state index is 7.39. The van der Waals surface area contributed by atoms with Gasteiger partial charge >= 0.3 is 0 Å². The molecule has 0 radical (unpaired) electrons. The van der Waals surface area contributed by atoms with Crippen molar-refractivity contribution in [1.29, 1.82) is 0 Å². The van der Waals surface area contributed by atoms with E-state index in [1.807, 2.05) is 0 Å². The van der Waals surface area contributed by atoms with Crippen molar-refractivity contribution >= 4 is 5.69 Å². The SMILES string of the molecule is [2H]C1([2H])Nc2cccnc2OC1([2H])[2H]. The van der Waals surface area contributed by atoms with Gasteiger partial charge in [-0.25, -0.2) is 4.98 Å². The van der Waals surface area contributed by atoms with Gasteiger partial charge < -0.3 is 10.1 Å². The summed E-state index contributed by atoms with van der Waals surface area (Å²) >= 11 is 0. The minimum Gasteiger partial charge on any atom is -0.474 e. The molecular weight excluding hydrogens is 128 g/mol. The van der Waals surface area contributed by atoms with Gasteiger partial charge in [0.05, 0.1) is 11.2 Å². The molecule has 0 aliphatic carbocycles. The zero-order chi connectivity index (χ0) is 10.4. The first-order chi connectivity index (χ1) is 6.42. The number of anilines is 1. The van der Waals surface area contributed by atoms with Crippen molar-refractivity contribution in [2.24, 2.45) is 0 Å². The second-order valence-electron chi connectivity index (χ2n) is 1.81. The monoisotopic (exact) mass is 140 g/mol. The zero-order valence-corrected chi connectivity index (χ0v) is 5.09. The van der Waals surface area contributed by atoms with Gasteiger partial charge in [-0.2, -0.15) is 0 Å². The molecule has 0 unspecified atom stereocenters. The Labute approximate surface area is 64.7 Å². The van der Waals surface area contributed by atoms with Crippen LogP contribution in [0.3, 0.4) is 0 Å².